The molecule has 0 saturated carbocycles. The standard InChI is InChI=1S/C18H17N3O/c1-14(22)20-18-17(16-10-6-3-7-11-16)19-13-21(18)12-15-8-4-2-5-9-15/h2-11,13H,12H2,1H3,(H,20,22). The molecule has 2 aromatic carbocycles. The van der Waals surface area contributed by atoms with Crippen LogP contribution in [0.4, 0.5) is 5.82 Å². The van der Waals surface area contributed by atoms with E-state index in [9.17, 15) is 4.79 Å². The number of rotatable bonds is 4. The Labute approximate surface area is 129 Å². The molecule has 0 fully saturated rings. The van der Waals surface area contributed by atoms with Gasteiger partial charge in [-0.25, -0.2) is 4.98 Å². The second-order valence-corrected chi connectivity index (χ2v) is 5.10. The molecule has 0 saturated heterocycles. The summed E-state index contributed by atoms with van der Waals surface area (Å²) >= 11 is 0. The van der Waals surface area contributed by atoms with Crippen LogP contribution >= 0.6 is 0 Å². The van der Waals surface area contributed by atoms with Crippen LogP contribution in [-0.2, 0) is 11.3 Å². The molecule has 1 heterocycles. The van der Waals surface area contributed by atoms with Crippen molar-refractivity contribution in [3.8, 4) is 11.3 Å². The Bertz CT molecular complexity index is 764. The predicted molar refractivity (Wildman–Crippen MR) is 87.5 cm³/mol. The molecular weight excluding hydrogens is 274 g/mol. The monoisotopic (exact) mass is 291 g/mol. The van der Waals surface area contributed by atoms with Gasteiger partial charge in [0.25, 0.3) is 0 Å². The topological polar surface area (TPSA) is 46.9 Å². The molecule has 3 rings (SSSR count). The van der Waals surface area contributed by atoms with Gasteiger partial charge in [-0.05, 0) is 5.56 Å². The number of aromatic nitrogens is 2. The molecule has 0 aliphatic carbocycles. The molecule has 4 nitrogen and oxygen atoms in total. The Hall–Kier alpha value is -2.88. The first-order valence-electron chi connectivity index (χ1n) is 7.16. The summed E-state index contributed by atoms with van der Waals surface area (Å²) in [6, 6.07) is 20.0. The van der Waals surface area contributed by atoms with E-state index in [1.807, 2.05) is 53.1 Å². The van der Waals surface area contributed by atoms with Crippen molar-refractivity contribution in [1.82, 2.24) is 9.55 Å². The van der Waals surface area contributed by atoms with Crippen LogP contribution in [0.15, 0.2) is 67.0 Å². The van der Waals surface area contributed by atoms with Crippen molar-refractivity contribution in [2.24, 2.45) is 0 Å². The van der Waals surface area contributed by atoms with Gasteiger partial charge in [-0.15, -0.1) is 0 Å². The maximum Gasteiger partial charge on any atom is 0.222 e. The average Bonchev–Trinajstić information content (AvgIpc) is 2.91. The van der Waals surface area contributed by atoms with Crippen LogP contribution in [0.5, 0.6) is 0 Å². The van der Waals surface area contributed by atoms with Gasteiger partial charge in [0.1, 0.15) is 11.5 Å². The zero-order valence-electron chi connectivity index (χ0n) is 12.4. The zero-order valence-corrected chi connectivity index (χ0v) is 12.4. The summed E-state index contributed by atoms with van der Waals surface area (Å²) in [5.74, 6) is 0.620. The summed E-state index contributed by atoms with van der Waals surface area (Å²) in [5.41, 5.74) is 2.93. The molecule has 0 bridgehead atoms. The fourth-order valence-corrected chi connectivity index (χ4v) is 2.39. The van der Waals surface area contributed by atoms with Crippen LogP contribution in [-0.4, -0.2) is 15.5 Å². The third-order valence-electron chi connectivity index (χ3n) is 3.38. The Morgan fingerprint density at radius 1 is 1.05 bits per heavy atom. The molecule has 0 radical (unpaired) electrons. The van der Waals surface area contributed by atoms with E-state index in [-0.39, 0.29) is 5.91 Å². The van der Waals surface area contributed by atoms with Gasteiger partial charge in [-0.1, -0.05) is 60.7 Å². The molecule has 4 heteroatoms. The second-order valence-electron chi connectivity index (χ2n) is 5.10. The number of carbonyl (C=O) groups is 1. The minimum atomic E-state index is -0.105. The molecule has 0 aliphatic rings. The lowest BCUT2D eigenvalue weighted by molar-refractivity contribution is -0.114. The van der Waals surface area contributed by atoms with Crippen LogP contribution < -0.4 is 5.32 Å². The van der Waals surface area contributed by atoms with Crippen LogP contribution in [0.1, 0.15) is 12.5 Å². The van der Waals surface area contributed by atoms with Crippen molar-refractivity contribution in [2.45, 2.75) is 13.5 Å². The Balaban J connectivity index is 2.00. The summed E-state index contributed by atoms with van der Waals surface area (Å²) in [5, 5.41) is 2.90. The molecule has 0 aliphatic heterocycles. The molecule has 0 atom stereocenters. The highest BCUT2D eigenvalue weighted by molar-refractivity contribution is 5.91. The van der Waals surface area contributed by atoms with Gasteiger partial charge < -0.3 is 9.88 Å². The molecule has 1 amide bonds. The largest absolute Gasteiger partial charge is 0.312 e. The lowest BCUT2D eigenvalue weighted by Gasteiger charge is -2.10. The highest BCUT2D eigenvalue weighted by atomic mass is 16.1. The molecule has 22 heavy (non-hydrogen) atoms. The fourth-order valence-electron chi connectivity index (χ4n) is 2.39. The molecule has 0 spiro atoms. The molecule has 110 valence electrons. The van der Waals surface area contributed by atoms with Gasteiger partial charge in [-0.3, -0.25) is 4.79 Å². The van der Waals surface area contributed by atoms with Crippen LogP contribution in [0.2, 0.25) is 0 Å². The molecule has 1 aromatic heterocycles. The number of nitrogens with zero attached hydrogens (tertiary/aromatic N) is 2. The fraction of sp³-hybridized carbons (Fsp3) is 0.111. The quantitative estimate of drug-likeness (QED) is 0.799. The van der Waals surface area contributed by atoms with E-state index in [1.54, 1.807) is 6.33 Å². The summed E-state index contributed by atoms with van der Waals surface area (Å²) in [6.07, 6.45) is 1.76. The second kappa shape index (κ2) is 6.26. The number of hydrogen-bond donors (Lipinski definition) is 1. The number of hydrogen-bond acceptors (Lipinski definition) is 2. The van der Waals surface area contributed by atoms with E-state index in [0.717, 1.165) is 22.6 Å². The normalized spacial score (nSPS) is 10.4. The Morgan fingerprint density at radius 2 is 1.68 bits per heavy atom. The van der Waals surface area contributed by atoms with Crippen molar-refractivity contribution in [3.05, 3.63) is 72.6 Å². The van der Waals surface area contributed by atoms with Gasteiger partial charge in [0.15, 0.2) is 0 Å². The van der Waals surface area contributed by atoms with E-state index in [4.69, 9.17) is 0 Å². The van der Waals surface area contributed by atoms with Crippen LogP contribution in [0, 0.1) is 0 Å². The minimum absolute atomic E-state index is 0.105. The van der Waals surface area contributed by atoms with Gasteiger partial charge >= 0.3 is 0 Å². The number of carbonyl (C=O) groups excluding carboxylic acids is 1. The number of amides is 1. The molecular formula is C18H17N3O. The highest BCUT2D eigenvalue weighted by Crippen LogP contribution is 2.27. The van der Waals surface area contributed by atoms with Crippen LogP contribution in [0.3, 0.4) is 0 Å². The van der Waals surface area contributed by atoms with Gasteiger partial charge in [0, 0.05) is 12.5 Å². The number of imidazole rings is 1. The number of anilines is 1. The third kappa shape index (κ3) is 3.06. The SMILES string of the molecule is CC(=O)Nc1c(-c2ccccc2)ncn1Cc1ccccc1. The molecule has 0 unspecified atom stereocenters. The Morgan fingerprint density at radius 3 is 2.32 bits per heavy atom. The van der Waals surface area contributed by atoms with Crippen molar-refractivity contribution >= 4 is 11.7 Å². The Kier molecular flexibility index (Phi) is 4.01. The highest BCUT2D eigenvalue weighted by Gasteiger charge is 2.14. The van der Waals surface area contributed by atoms with E-state index in [0.29, 0.717) is 6.54 Å². The van der Waals surface area contributed by atoms with E-state index in [2.05, 4.69) is 22.4 Å². The van der Waals surface area contributed by atoms with Gasteiger partial charge in [-0.2, -0.15) is 0 Å². The van der Waals surface area contributed by atoms with E-state index < -0.39 is 0 Å². The third-order valence-corrected chi connectivity index (χ3v) is 3.38. The maximum atomic E-state index is 11.5. The summed E-state index contributed by atoms with van der Waals surface area (Å²) in [6.45, 7) is 2.17. The van der Waals surface area contributed by atoms with Gasteiger partial charge in [0.05, 0.1) is 12.9 Å². The first kappa shape index (κ1) is 14.1. The van der Waals surface area contributed by atoms with Crippen molar-refractivity contribution in [2.75, 3.05) is 5.32 Å². The predicted octanol–water partition coefficient (Wildman–Crippen LogP) is 3.56. The van der Waals surface area contributed by atoms with E-state index >= 15 is 0 Å². The lowest BCUT2D eigenvalue weighted by atomic mass is 10.1. The lowest BCUT2D eigenvalue weighted by Crippen LogP contribution is -2.12. The van der Waals surface area contributed by atoms with Crippen LogP contribution in [0.25, 0.3) is 11.3 Å². The first-order chi connectivity index (χ1) is 10.7. The smallest absolute Gasteiger partial charge is 0.222 e. The number of benzene rings is 2. The average molecular weight is 291 g/mol. The first-order valence-corrected chi connectivity index (χ1v) is 7.16. The van der Waals surface area contributed by atoms with E-state index in [1.165, 1.54) is 6.92 Å². The molecule has 1 N–H and O–H groups in total. The minimum Gasteiger partial charge on any atom is -0.312 e. The summed E-state index contributed by atoms with van der Waals surface area (Å²) in [7, 11) is 0. The summed E-state index contributed by atoms with van der Waals surface area (Å²) < 4.78 is 1.96. The van der Waals surface area contributed by atoms with Crippen molar-refractivity contribution in [1.29, 1.82) is 0 Å². The van der Waals surface area contributed by atoms with Crippen molar-refractivity contribution in [3.63, 3.8) is 0 Å². The number of nitrogens with one attached hydrogen (secondary N) is 1. The summed E-state index contributed by atoms with van der Waals surface area (Å²) in [4.78, 5) is 16.0. The molecule has 3 aromatic rings. The van der Waals surface area contributed by atoms with Crippen molar-refractivity contribution < 1.29 is 4.79 Å². The maximum absolute atomic E-state index is 11.5. The van der Waals surface area contributed by atoms with Gasteiger partial charge in [0.2, 0.25) is 5.91 Å². The zero-order chi connectivity index (χ0) is 15.4.